The van der Waals surface area contributed by atoms with Gasteiger partial charge in [-0.05, 0) is 25.2 Å². The minimum Gasteiger partial charge on any atom is -0.382 e. The van der Waals surface area contributed by atoms with Crippen LogP contribution in [0.1, 0.15) is 32.1 Å². The van der Waals surface area contributed by atoms with Crippen molar-refractivity contribution in [2.45, 2.75) is 36.9 Å². The fourth-order valence-electron chi connectivity index (χ4n) is 2.42. The molecule has 2 rings (SSSR count). The molecule has 0 radical (unpaired) electrons. The summed E-state index contributed by atoms with van der Waals surface area (Å²) in [7, 11) is 0. The molecule has 1 aromatic heterocycles. The summed E-state index contributed by atoms with van der Waals surface area (Å²) in [5.41, 5.74) is 1.00. The van der Waals surface area contributed by atoms with Gasteiger partial charge in [0.15, 0.2) is 0 Å². The highest BCUT2D eigenvalue weighted by molar-refractivity contribution is 8.00. The Kier molecular flexibility index (Phi) is 4.57. The predicted molar refractivity (Wildman–Crippen MR) is 77.1 cm³/mol. The number of hydrogen-bond donors (Lipinski definition) is 1. The van der Waals surface area contributed by atoms with Crippen LogP contribution < -0.4 is 5.32 Å². The lowest BCUT2D eigenvalue weighted by Gasteiger charge is -2.36. The zero-order valence-electron chi connectivity index (χ0n) is 10.2. The molecule has 17 heavy (non-hydrogen) atoms. The van der Waals surface area contributed by atoms with Crippen molar-refractivity contribution in [2.24, 2.45) is 0 Å². The van der Waals surface area contributed by atoms with Gasteiger partial charge in [-0.1, -0.05) is 30.9 Å². The fraction of sp³-hybridized carbons (Fsp3) is 0.615. The van der Waals surface area contributed by atoms with Gasteiger partial charge >= 0.3 is 0 Å². The Morgan fingerprint density at radius 3 is 2.82 bits per heavy atom. The van der Waals surface area contributed by atoms with Crippen molar-refractivity contribution < 1.29 is 0 Å². The first-order valence-corrected chi connectivity index (χ1v) is 7.75. The van der Waals surface area contributed by atoms with Gasteiger partial charge in [-0.3, -0.25) is 4.98 Å². The average molecular weight is 271 g/mol. The number of thioether (sulfide) groups is 1. The van der Waals surface area contributed by atoms with Crippen LogP contribution in [0.4, 0.5) is 5.69 Å². The van der Waals surface area contributed by atoms with Gasteiger partial charge in [-0.15, -0.1) is 0 Å². The topological polar surface area (TPSA) is 24.9 Å². The summed E-state index contributed by atoms with van der Waals surface area (Å²) in [5, 5.41) is 4.19. The van der Waals surface area contributed by atoms with E-state index in [9.17, 15) is 0 Å². The molecule has 0 saturated heterocycles. The molecular weight excluding hydrogens is 252 g/mol. The fourth-order valence-corrected chi connectivity index (χ4v) is 3.52. The van der Waals surface area contributed by atoms with Gasteiger partial charge < -0.3 is 5.32 Å². The maximum absolute atomic E-state index is 6.10. The highest BCUT2D eigenvalue weighted by Gasteiger charge is 2.30. The van der Waals surface area contributed by atoms with Crippen LogP contribution in [-0.2, 0) is 0 Å². The van der Waals surface area contributed by atoms with Crippen molar-refractivity contribution in [2.75, 3.05) is 18.1 Å². The smallest absolute Gasteiger partial charge is 0.0820 e. The maximum atomic E-state index is 6.10. The van der Waals surface area contributed by atoms with Gasteiger partial charge in [0.05, 0.1) is 10.7 Å². The van der Waals surface area contributed by atoms with Gasteiger partial charge in [-0.25, -0.2) is 0 Å². The SMILES string of the molecule is CSC1(CNc2ccncc2Cl)CCCCC1. The summed E-state index contributed by atoms with van der Waals surface area (Å²) < 4.78 is 0.394. The van der Waals surface area contributed by atoms with E-state index in [0.717, 1.165) is 12.2 Å². The number of nitrogens with zero attached hydrogens (tertiary/aromatic N) is 1. The molecule has 1 aliphatic carbocycles. The number of halogens is 1. The van der Waals surface area contributed by atoms with Crippen molar-refractivity contribution >= 4 is 29.1 Å². The number of anilines is 1. The quantitative estimate of drug-likeness (QED) is 0.887. The van der Waals surface area contributed by atoms with Crippen molar-refractivity contribution in [1.29, 1.82) is 0 Å². The Hall–Kier alpha value is -0.410. The summed E-state index contributed by atoms with van der Waals surface area (Å²) in [6.07, 6.45) is 12.4. The maximum Gasteiger partial charge on any atom is 0.0820 e. The summed E-state index contributed by atoms with van der Waals surface area (Å²) in [5.74, 6) is 0. The Bertz CT molecular complexity index is 364. The summed E-state index contributed by atoms with van der Waals surface area (Å²) in [4.78, 5) is 4.00. The molecule has 2 nitrogen and oxygen atoms in total. The largest absolute Gasteiger partial charge is 0.382 e. The first-order chi connectivity index (χ1) is 8.26. The lowest BCUT2D eigenvalue weighted by molar-refractivity contribution is 0.411. The standard InChI is InChI=1S/C13H19ClN2S/c1-17-13(6-3-2-4-7-13)10-16-12-5-8-15-9-11(12)14/h5,8-9H,2-4,6-7,10H2,1H3,(H,15,16). The van der Waals surface area contributed by atoms with Crippen molar-refractivity contribution in [3.8, 4) is 0 Å². The molecule has 1 aromatic rings. The van der Waals surface area contributed by atoms with E-state index in [2.05, 4.69) is 16.6 Å². The molecule has 0 spiro atoms. The van der Waals surface area contributed by atoms with E-state index in [1.807, 2.05) is 17.8 Å². The van der Waals surface area contributed by atoms with E-state index in [-0.39, 0.29) is 0 Å². The van der Waals surface area contributed by atoms with E-state index >= 15 is 0 Å². The van der Waals surface area contributed by atoms with Gasteiger partial charge in [-0.2, -0.15) is 11.8 Å². The average Bonchev–Trinajstić information content (AvgIpc) is 2.39. The van der Waals surface area contributed by atoms with Crippen LogP contribution in [-0.4, -0.2) is 22.5 Å². The molecule has 1 N–H and O–H groups in total. The number of nitrogens with one attached hydrogen (secondary N) is 1. The van der Waals surface area contributed by atoms with E-state index in [4.69, 9.17) is 11.6 Å². The molecule has 0 amide bonds. The first kappa shape index (κ1) is 13.0. The molecular formula is C13H19ClN2S. The van der Waals surface area contributed by atoms with Crippen LogP contribution >= 0.6 is 23.4 Å². The second-order valence-corrected chi connectivity index (χ2v) is 6.34. The van der Waals surface area contributed by atoms with E-state index in [1.165, 1.54) is 32.1 Å². The summed E-state index contributed by atoms with van der Waals surface area (Å²) in [6, 6.07) is 1.94. The summed E-state index contributed by atoms with van der Waals surface area (Å²) >= 11 is 8.10. The predicted octanol–water partition coefficient (Wildman–Crippen LogP) is 4.21. The van der Waals surface area contributed by atoms with Gasteiger partial charge in [0.2, 0.25) is 0 Å². The lowest BCUT2D eigenvalue weighted by atomic mass is 9.88. The van der Waals surface area contributed by atoms with Crippen LogP contribution in [0.3, 0.4) is 0 Å². The number of rotatable bonds is 4. The van der Waals surface area contributed by atoms with Crippen LogP contribution in [0.25, 0.3) is 0 Å². The van der Waals surface area contributed by atoms with E-state index in [1.54, 1.807) is 12.4 Å². The Labute approximate surface area is 113 Å². The zero-order chi connectivity index (χ0) is 12.1. The molecule has 0 bridgehead atoms. The second kappa shape index (κ2) is 5.96. The van der Waals surface area contributed by atoms with E-state index in [0.29, 0.717) is 9.77 Å². The third-order valence-corrected chi connectivity index (χ3v) is 5.29. The molecule has 1 heterocycles. The van der Waals surface area contributed by atoms with Crippen molar-refractivity contribution in [3.63, 3.8) is 0 Å². The highest BCUT2D eigenvalue weighted by atomic mass is 35.5. The zero-order valence-corrected chi connectivity index (χ0v) is 11.8. The molecule has 0 unspecified atom stereocenters. The minimum atomic E-state index is 0.394. The Balaban J connectivity index is 1.98. The summed E-state index contributed by atoms with van der Waals surface area (Å²) in [6.45, 7) is 0.998. The van der Waals surface area contributed by atoms with Crippen LogP contribution in [0.15, 0.2) is 18.5 Å². The Morgan fingerprint density at radius 1 is 1.41 bits per heavy atom. The van der Waals surface area contributed by atoms with Gasteiger partial charge in [0.1, 0.15) is 0 Å². The monoisotopic (exact) mass is 270 g/mol. The van der Waals surface area contributed by atoms with Crippen molar-refractivity contribution in [3.05, 3.63) is 23.5 Å². The third kappa shape index (κ3) is 3.29. The molecule has 1 fully saturated rings. The normalized spacial score (nSPS) is 18.9. The van der Waals surface area contributed by atoms with Gasteiger partial charge in [0, 0.05) is 23.7 Å². The number of hydrogen-bond acceptors (Lipinski definition) is 3. The highest BCUT2D eigenvalue weighted by Crippen LogP contribution is 2.38. The molecule has 1 aliphatic rings. The molecule has 0 atom stereocenters. The number of pyridine rings is 1. The molecule has 0 aliphatic heterocycles. The Morgan fingerprint density at radius 2 is 2.18 bits per heavy atom. The van der Waals surface area contributed by atoms with Crippen LogP contribution in [0.2, 0.25) is 5.02 Å². The lowest BCUT2D eigenvalue weighted by Crippen LogP contribution is -2.35. The van der Waals surface area contributed by atoms with Crippen molar-refractivity contribution in [1.82, 2.24) is 4.98 Å². The third-order valence-electron chi connectivity index (χ3n) is 3.57. The van der Waals surface area contributed by atoms with E-state index < -0.39 is 0 Å². The molecule has 1 saturated carbocycles. The number of aromatic nitrogens is 1. The first-order valence-electron chi connectivity index (χ1n) is 6.14. The molecule has 4 heteroatoms. The molecule has 94 valence electrons. The minimum absolute atomic E-state index is 0.394. The second-order valence-electron chi connectivity index (χ2n) is 4.66. The van der Waals surface area contributed by atoms with Crippen LogP contribution in [0.5, 0.6) is 0 Å². The van der Waals surface area contributed by atoms with Crippen LogP contribution in [0, 0.1) is 0 Å². The van der Waals surface area contributed by atoms with Gasteiger partial charge in [0.25, 0.3) is 0 Å². The molecule has 0 aromatic carbocycles.